The zero-order valence-electron chi connectivity index (χ0n) is 8.45. The molecule has 0 atom stereocenters. The first kappa shape index (κ1) is 10.9. The second-order valence-corrected chi connectivity index (χ2v) is 3.18. The van der Waals surface area contributed by atoms with Crippen molar-refractivity contribution in [2.45, 2.75) is 13.1 Å². The molecule has 3 N–H and O–H groups in total. The number of rotatable bonds is 4. The molecule has 0 unspecified atom stereocenters. The summed E-state index contributed by atoms with van der Waals surface area (Å²) in [5, 5.41) is 19.8. The number of aromatic nitrogens is 6. The van der Waals surface area contributed by atoms with Gasteiger partial charge in [0.05, 0.1) is 19.3 Å². The maximum Gasteiger partial charge on any atom is 0.358 e. The highest BCUT2D eigenvalue weighted by molar-refractivity contribution is 5.84. The molecule has 2 heterocycles. The summed E-state index contributed by atoms with van der Waals surface area (Å²) in [6, 6.07) is 0. The van der Waals surface area contributed by atoms with Crippen LogP contribution in [0.2, 0.25) is 0 Å². The van der Waals surface area contributed by atoms with E-state index >= 15 is 0 Å². The summed E-state index contributed by atoms with van der Waals surface area (Å²) in [5.74, 6) is -1.19. The van der Waals surface area contributed by atoms with Crippen molar-refractivity contribution in [3.05, 3.63) is 32.9 Å². The van der Waals surface area contributed by atoms with Crippen LogP contribution in [0, 0.1) is 0 Å². The molecule has 0 spiro atoms. The number of hydrogen-bond donors (Lipinski definition) is 3. The largest absolute Gasteiger partial charge is 0.476 e. The van der Waals surface area contributed by atoms with E-state index in [0.717, 1.165) is 4.57 Å². The molecule has 0 radical (unpaired) electrons. The minimum absolute atomic E-state index is 0.0695. The topological polar surface area (TPSA) is 139 Å². The lowest BCUT2D eigenvalue weighted by molar-refractivity contribution is 0.0690. The number of aromatic amines is 2. The summed E-state index contributed by atoms with van der Waals surface area (Å²) < 4.78 is 2.17. The van der Waals surface area contributed by atoms with Crippen LogP contribution in [0.1, 0.15) is 10.5 Å². The van der Waals surface area contributed by atoms with Gasteiger partial charge in [-0.05, 0) is 0 Å². The summed E-state index contributed by atoms with van der Waals surface area (Å²) in [7, 11) is 0. The molecule has 0 aromatic carbocycles. The van der Waals surface area contributed by atoms with Crippen LogP contribution in [-0.4, -0.2) is 40.8 Å². The van der Waals surface area contributed by atoms with Gasteiger partial charge in [0.25, 0.3) is 0 Å². The zero-order chi connectivity index (χ0) is 12.4. The fourth-order valence-electron chi connectivity index (χ4n) is 1.25. The molecule has 17 heavy (non-hydrogen) atoms. The molecule has 0 aliphatic rings. The minimum Gasteiger partial charge on any atom is -0.476 e. The van der Waals surface area contributed by atoms with E-state index in [1.54, 1.807) is 0 Å². The van der Waals surface area contributed by atoms with Crippen LogP contribution in [-0.2, 0) is 13.1 Å². The number of carboxylic acid groups (broad SMARTS) is 1. The van der Waals surface area contributed by atoms with Gasteiger partial charge in [-0.2, -0.15) is 0 Å². The summed E-state index contributed by atoms with van der Waals surface area (Å²) in [4.78, 5) is 32.7. The van der Waals surface area contributed by atoms with Crippen LogP contribution in [0.3, 0.4) is 0 Å². The van der Waals surface area contributed by atoms with Crippen LogP contribution in [0.25, 0.3) is 0 Å². The van der Waals surface area contributed by atoms with Crippen LogP contribution in [0.15, 0.2) is 15.8 Å². The number of H-pyrrole nitrogens is 2. The normalized spacial score (nSPS) is 10.6. The van der Waals surface area contributed by atoms with Gasteiger partial charge < -0.3 is 5.11 Å². The van der Waals surface area contributed by atoms with Gasteiger partial charge in [0, 0.05) is 0 Å². The molecule has 0 saturated carbocycles. The average molecular weight is 240 g/mol. The molecule has 2 aromatic heterocycles. The molecular formula is C7H8N6O4. The van der Waals surface area contributed by atoms with E-state index in [-0.39, 0.29) is 18.8 Å². The number of aromatic carboxylic acids is 1. The van der Waals surface area contributed by atoms with Gasteiger partial charge >= 0.3 is 17.3 Å². The summed E-state index contributed by atoms with van der Waals surface area (Å²) in [6.07, 6.45) is 1.22. The van der Waals surface area contributed by atoms with E-state index in [9.17, 15) is 14.4 Å². The Morgan fingerprint density at radius 1 is 1.29 bits per heavy atom. The standard InChI is InChI=1S/C7H8N6O4/c14-5(15)4-3-12(11-8-4)1-2-13-6(16)9-10-7(13)17/h3H,1-2H2,(H,9,16)(H,10,17)(H,14,15). The van der Waals surface area contributed by atoms with Gasteiger partial charge in [0.2, 0.25) is 0 Å². The van der Waals surface area contributed by atoms with Gasteiger partial charge in [-0.1, -0.05) is 5.21 Å². The molecule has 0 aliphatic heterocycles. The first-order chi connectivity index (χ1) is 8.08. The average Bonchev–Trinajstić information content (AvgIpc) is 2.85. The number of nitrogens with one attached hydrogen (secondary N) is 2. The Balaban J connectivity index is 2.10. The lowest BCUT2D eigenvalue weighted by atomic mass is 10.5. The molecule has 10 heteroatoms. The monoisotopic (exact) mass is 240 g/mol. The Kier molecular flexibility index (Phi) is 2.60. The molecule has 0 amide bonds. The summed E-state index contributed by atoms with van der Waals surface area (Å²) in [5.41, 5.74) is -1.32. The van der Waals surface area contributed by atoms with Crippen molar-refractivity contribution in [2.24, 2.45) is 0 Å². The molecule has 0 saturated heterocycles. The summed E-state index contributed by atoms with van der Waals surface area (Å²) >= 11 is 0. The van der Waals surface area contributed by atoms with Crippen LogP contribution >= 0.6 is 0 Å². The van der Waals surface area contributed by atoms with E-state index in [0.29, 0.717) is 0 Å². The van der Waals surface area contributed by atoms with Crippen molar-refractivity contribution in [1.82, 2.24) is 29.8 Å². The second kappa shape index (κ2) is 4.08. The smallest absolute Gasteiger partial charge is 0.358 e. The maximum atomic E-state index is 11.1. The van der Waals surface area contributed by atoms with E-state index in [4.69, 9.17) is 5.11 Å². The van der Waals surface area contributed by atoms with Crippen molar-refractivity contribution in [3.63, 3.8) is 0 Å². The number of aryl methyl sites for hydroxylation is 1. The van der Waals surface area contributed by atoms with E-state index in [1.165, 1.54) is 10.9 Å². The van der Waals surface area contributed by atoms with Crippen molar-refractivity contribution in [3.8, 4) is 0 Å². The van der Waals surface area contributed by atoms with Gasteiger partial charge in [-0.3, -0.25) is 0 Å². The van der Waals surface area contributed by atoms with E-state index in [1.807, 2.05) is 0 Å². The van der Waals surface area contributed by atoms with E-state index < -0.39 is 17.3 Å². The number of hydrogen-bond acceptors (Lipinski definition) is 5. The molecular weight excluding hydrogens is 232 g/mol. The van der Waals surface area contributed by atoms with Crippen LogP contribution in [0.4, 0.5) is 0 Å². The lowest BCUT2D eigenvalue weighted by Crippen LogP contribution is -2.28. The molecule has 0 bridgehead atoms. The second-order valence-electron chi connectivity index (χ2n) is 3.18. The van der Waals surface area contributed by atoms with Gasteiger partial charge in [-0.15, -0.1) is 5.10 Å². The quantitative estimate of drug-likeness (QED) is 0.557. The molecule has 90 valence electrons. The fraction of sp³-hybridized carbons (Fsp3) is 0.286. The Labute approximate surface area is 92.5 Å². The highest BCUT2D eigenvalue weighted by Crippen LogP contribution is 1.92. The maximum absolute atomic E-state index is 11.1. The van der Waals surface area contributed by atoms with Crippen molar-refractivity contribution >= 4 is 5.97 Å². The predicted octanol–water partition coefficient (Wildman–Crippen LogP) is -2.15. The van der Waals surface area contributed by atoms with Gasteiger partial charge in [0.1, 0.15) is 0 Å². The number of nitrogens with zero attached hydrogens (tertiary/aromatic N) is 4. The molecule has 10 nitrogen and oxygen atoms in total. The Morgan fingerprint density at radius 3 is 2.47 bits per heavy atom. The first-order valence-corrected chi connectivity index (χ1v) is 4.59. The highest BCUT2D eigenvalue weighted by atomic mass is 16.4. The Bertz CT molecular complexity index is 618. The number of carboxylic acids is 1. The molecule has 0 fully saturated rings. The molecule has 2 rings (SSSR count). The highest BCUT2D eigenvalue weighted by Gasteiger charge is 2.09. The van der Waals surface area contributed by atoms with Crippen molar-refractivity contribution < 1.29 is 9.90 Å². The third-order valence-electron chi connectivity index (χ3n) is 2.08. The van der Waals surface area contributed by atoms with Crippen molar-refractivity contribution in [2.75, 3.05) is 0 Å². The zero-order valence-corrected chi connectivity index (χ0v) is 8.45. The predicted molar refractivity (Wildman–Crippen MR) is 52.7 cm³/mol. The molecule has 0 aliphatic carbocycles. The first-order valence-electron chi connectivity index (χ1n) is 4.59. The summed E-state index contributed by atoms with van der Waals surface area (Å²) in [6.45, 7) is 0.237. The van der Waals surface area contributed by atoms with E-state index in [2.05, 4.69) is 20.5 Å². The minimum atomic E-state index is -1.19. The third kappa shape index (κ3) is 2.14. The van der Waals surface area contributed by atoms with Gasteiger partial charge in [0.15, 0.2) is 5.69 Å². The Morgan fingerprint density at radius 2 is 1.94 bits per heavy atom. The number of carbonyl (C=O) groups is 1. The van der Waals surface area contributed by atoms with Crippen molar-refractivity contribution in [1.29, 1.82) is 0 Å². The Hall–Kier alpha value is -2.65. The van der Waals surface area contributed by atoms with Gasteiger partial charge in [-0.25, -0.2) is 33.8 Å². The fourth-order valence-corrected chi connectivity index (χ4v) is 1.25. The van der Waals surface area contributed by atoms with Crippen LogP contribution in [0.5, 0.6) is 0 Å². The van der Waals surface area contributed by atoms with Crippen LogP contribution < -0.4 is 11.4 Å². The third-order valence-corrected chi connectivity index (χ3v) is 2.08. The molecule has 2 aromatic rings. The lowest BCUT2D eigenvalue weighted by Gasteiger charge is -1.98. The SMILES string of the molecule is O=C(O)c1cn(CCn2c(=O)[nH][nH]c2=O)nn1.